The van der Waals surface area contributed by atoms with Gasteiger partial charge in [0.1, 0.15) is 12.1 Å². The fourth-order valence-electron chi connectivity index (χ4n) is 3.11. The zero-order valence-corrected chi connectivity index (χ0v) is 15.7. The summed E-state index contributed by atoms with van der Waals surface area (Å²) in [5.74, 6) is -16.2. The largest absolute Gasteiger partial charge is 0.493 e. The number of fused-ring (bicyclic) bond motifs is 3. The van der Waals surface area contributed by atoms with Crippen molar-refractivity contribution in [3.63, 3.8) is 0 Å². The van der Waals surface area contributed by atoms with Gasteiger partial charge in [-0.1, -0.05) is 27.4 Å². The average Bonchev–Trinajstić information content (AvgIpc) is 2.97. The maximum Gasteiger partial charge on any atom is 0.323 e. The second-order valence-electron chi connectivity index (χ2n) is 6.33. The summed E-state index contributed by atoms with van der Waals surface area (Å²) in [6.45, 7) is -21.8. The van der Waals surface area contributed by atoms with Crippen LogP contribution in [0, 0.1) is 17.7 Å². The topological polar surface area (TPSA) is 74.0 Å². The van der Waals surface area contributed by atoms with E-state index >= 15 is 0 Å². The van der Waals surface area contributed by atoms with E-state index in [0.717, 1.165) is 7.11 Å². The van der Waals surface area contributed by atoms with E-state index in [9.17, 15) is 6.17 Å². The highest BCUT2D eigenvalue weighted by atomic mass is 16.5. The first-order valence-corrected chi connectivity index (χ1v) is 8.51. The second kappa shape index (κ2) is 9.56. The third-order valence-electron chi connectivity index (χ3n) is 4.50. The van der Waals surface area contributed by atoms with E-state index in [4.69, 9.17) is 55.6 Å². The van der Waals surface area contributed by atoms with Gasteiger partial charge in [0.15, 0.2) is 11.5 Å². The van der Waals surface area contributed by atoms with Crippen LogP contribution in [0.1, 0.15) is 94.4 Å². The molecule has 0 spiro atoms. The number of hydrogen-bond acceptors (Lipinski definition) is 6. The van der Waals surface area contributed by atoms with Crippen LogP contribution in [0.25, 0.3) is 0 Å². The number of hydrogen-bond donors (Lipinski definition) is 1. The molecule has 1 aromatic carbocycles. The minimum Gasteiger partial charge on any atom is -0.493 e. The van der Waals surface area contributed by atoms with Crippen LogP contribution in [0.15, 0.2) is 12.1 Å². The molecule has 1 fully saturated rings. The molecule has 168 valence electrons. The summed E-state index contributed by atoms with van der Waals surface area (Å²) in [6, 6.07) is -8.74. The number of carbonyl (C=O) groups is 1. The summed E-state index contributed by atoms with van der Waals surface area (Å²) in [5.41, 5.74) is 3.70. The fourth-order valence-corrected chi connectivity index (χ4v) is 3.11. The van der Waals surface area contributed by atoms with E-state index in [1.165, 1.54) is 0 Å². The lowest BCUT2D eigenvalue weighted by Gasteiger charge is -2.47. The van der Waals surface area contributed by atoms with Crippen LogP contribution < -0.4 is 15.2 Å². The van der Waals surface area contributed by atoms with Crippen LogP contribution in [0.5, 0.6) is 11.5 Å². The Morgan fingerprint density at radius 2 is 2.23 bits per heavy atom. The molecule has 4 atom stereocenters. The molecule has 2 aliphatic rings. The molecule has 1 aromatic rings. The van der Waals surface area contributed by atoms with E-state index in [0.29, 0.717) is 4.90 Å². The normalized spacial score (nSPS) is 48.3. The second-order valence-corrected chi connectivity index (χ2v) is 6.33. The molecule has 0 aromatic heterocycles. The van der Waals surface area contributed by atoms with Crippen LogP contribution in [-0.4, -0.2) is 50.2 Å². The molecule has 2 heterocycles. The Morgan fingerprint density at radius 3 is 2.93 bits per heavy atom. The van der Waals surface area contributed by atoms with Crippen molar-refractivity contribution in [3.05, 3.63) is 23.2 Å². The lowest BCUT2D eigenvalue weighted by molar-refractivity contribution is -0.160. The summed E-state index contributed by atoms with van der Waals surface area (Å²) in [7, 11) is -2.54. The number of piperidine rings is 1. The van der Waals surface area contributed by atoms with Gasteiger partial charge in [0, 0.05) is 58.8 Å². The standard InChI is InChI=1S/C24H38N2O4/c1-14(2)9-17-13-26-8-7-16-10-21(28-5)22(29-6)11-18(16)19(26)12-20(17)30-24(27)23(25)15(3)4/h10-11,14-15,17,19-20,23H,7-9,12-13,25H2,1-6H3/t17?,19?,20?,23-/m0/s1/i1D3,2D3,3D3,4D3,6D3,7D2,8D2,9D2,10D,11D,14D,15D,20D,23D. The van der Waals surface area contributed by atoms with Crippen LogP contribution in [0.4, 0.5) is 0 Å². The van der Waals surface area contributed by atoms with Crippen molar-refractivity contribution in [1.82, 2.24) is 4.90 Å². The van der Waals surface area contributed by atoms with Gasteiger partial charge in [-0.3, -0.25) is 9.69 Å². The minimum absolute atomic E-state index is 0.316. The first-order chi connectivity index (χ1) is 24.8. The number of benzene rings is 1. The molecule has 3 rings (SSSR count). The molecule has 0 aliphatic carbocycles. The molecule has 0 radical (unpaired) electrons. The lowest BCUT2D eigenvalue weighted by atomic mass is 9.79. The number of rotatable bonds is 7. The summed E-state index contributed by atoms with van der Waals surface area (Å²) >= 11 is 0. The number of carbonyl (C=O) groups excluding carboxylic acids is 1. The number of esters is 1. The number of ether oxygens (including phenoxy) is 3. The quantitative estimate of drug-likeness (QED) is 0.647. The van der Waals surface area contributed by atoms with Gasteiger partial charge in [0.05, 0.1) is 23.7 Å². The maximum atomic E-state index is 13.9. The van der Waals surface area contributed by atoms with Gasteiger partial charge in [-0.2, -0.15) is 0 Å². The Morgan fingerprint density at radius 1 is 1.43 bits per heavy atom. The molecule has 30 heavy (non-hydrogen) atoms. The van der Waals surface area contributed by atoms with E-state index < -0.39 is 143 Å². The van der Waals surface area contributed by atoms with Crippen LogP contribution in [0.3, 0.4) is 0 Å². The zero-order valence-electron chi connectivity index (χ0n) is 42.7. The van der Waals surface area contributed by atoms with Gasteiger partial charge < -0.3 is 19.9 Å². The summed E-state index contributed by atoms with van der Waals surface area (Å²) in [5, 5.41) is 0. The molecular weight excluding hydrogens is 380 g/mol. The highest BCUT2D eigenvalue weighted by Crippen LogP contribution is 2.44. The molecule has 3 unspecified atom stereocenters. The Hall–Kier alpha value is -1.79. The number of methoxy groups -OCH3 is 2. The molecule has 6 heteroatoms. The molecule has 0 amide bonds. The third-order valence-corrected chi connectivity index (χ3v) is 4.50. The first kappa shape index (κ1) is 6.38. The van der Waals surface area contributed by atoms with Crippen molar-refractivity contribution in [2.75, 3.05) is 27.2 Å². The van der Waals surface area contributed by atoms with Crippen molar-refractivity contribution in [3.8, 4) is 11.5 Å². The Bertz CT molecular complexity index is 1720. The third kappa shape index (κ3) is 4.75. The Kier molecular flexibility index (Phi) is 2.03. The lowest BCUT2D eigenvalue weighted by Crippen LogP contribution is -2.51. The smallest absolute Gasteiger partial charge is 0.323 e. The van der Waals surface area contributed by atoms with Gasteiger partial charge in [-0.25, -0.2) is 0 Å². The van der Waals surface area contributed by atoms with Gasteiger partial charge >= 0.3 is 5.97 Å². The van der Waals surface area contributed by atoms with E-state index in [-0.39, 0.29) is 0 Å². The number of nitrogens with two attached hydrogens (primary N) is 1. The monoisotopic (exact) mass is 445 g/mol. The van der Waals surface area contributed by atoms with Gasteiger partial charge in [-0.05, 0) is 47.7 Å². The Balaban J connectivity index is 2.56. The SMILES string of the molecule is [2H]c1c(OC([2H])([2H])[2H])c(OC)c([2H])c2c1C1CC([2H])(OC(=O)[C@@]([2H])(N)C([2H])(C([2H])([2H])[2H])C([2H])([2H])[2H])C(C([2H])([2H])C([2H])(C([2H])([2H])[2H])C([2H])([2H])[2H])CN1C([2H])([2H])C2([2H])[2H]. The van der Waals surface area contributed by atoms with Gasteiger partial charge in [0.2, 0.25) is 0 Å². The van der Waals surface area contributed by atoms with Crippen molar-refractivity contribution in [2.45, 2.75) is 64.7 Å². The van der Waals surface area contributed by atoms with E-state index in [1.54, 1.807) is 0 Å². The highest BCUT2D eigenvalue weighted by molar-refractivity contribution is 5.76. The maximum absolute atomic E-state index is 13.9. The first-order valence-electron chi connectivity index (χ1n) is 22.0. The summed E-state index contributed by atoms with van der Waals surface area (Å²) in [4.78, 5) is 14.2. The molecule has 0 bridgehead atoms. The highest BCUT2D eigenvalue weighted by Gasteiger charge is 2.41. The Labute approximate surface area is 219 Å². The van der Waals surface area contributed by atoms with Crippen molar-refractivity contribution >= 4 is 5.97 Å². The summed E-state index contributed by atoms with van der Waals surface area (Å²) < 4.78 is 237. The van der Waals surface area contributed by atoms with Gasteiger partial charge in [0.25, 0.3) is 0 Å². The number of nitrogens with zero attached hydrogens (tertiary/aromatic N) is 1. The molecule has 6 nitrogen and oxygen atoms in total. The van der Waals surface area contributed by atoms with Gasteiger partial charge in [-0.15, -0.1) is 0 Å². The predicted octanol–water partition coefficient (Wildman–Crippen LogP) is 3.56. The predicted molar refractivity (Wildman–Crippen MR) is 118 cm³/mol. The van der Waals surface area contributed by atoms with Crippen molar-refractivity contribution in [2.24, 2.45) is 23.4 Å². The van der Waals surface area contributed by atoms with Crippen molar-refractivity contribution < 1.29 is 56.0 Å². The van der Waals surface area contributed by atoms with E-state index in [1.807, 2.05) is 0 Å². The fraction of sp³-hybridized carbons (Fsp3) is 0.708. The van der Waals surface area contributed by atoms with Crippen LogP contribution >= 0.6 is 0 Å². The molecule has 2 N–H and O–H groups in total. The van der Waals surface area contributed by atoms with Crippen LogP contribution in [0.2, 0.25) is 0 Å². The molecule has 2 aliphatic heterocycles. The van der Waals surface area contributed by atoms with Crippen molar-refractivity contribution in [1.29, 1.82) is 0 Å². The molecule has 1 saturated heterocycles. The molecular formula is C24H38N2O4. The van der Waals surface area contributed by atoms with Crippen LogP contribution in [-0.2, 0) is 15.9 Å². The summed E-state index contributed by atoms with van der Waals surface area (Å²) in [6.07, 6.45) is -13.1. The molecule has 0 saturated carbocycles. The minimum atomic E-state index is -4.34. The van der Waals surface area contributed by atoms with E-state index in [2.05, 4.69) is 0 Å². The zero-order chi connectivity index (χ0) is 45.3. The average molecular weight is 446 g/mol.